The maximum atomic E-state index is 12.4. The van der Waals surface area contributed by atoms with E-state index in [9.17, 15) is 9.59 Å². The third kappa shape index (κ3) is 3.96. The smallest absolute Gasteiger partial charge is 0.324 e. The first-order chi connectivity index (χ1) is 12.2. The predicted octanol–water partition coefficient (Wildman–Crippen LogP) is 2.10. The van der Waals surface area contributed by atoms with Crippen molar-refractivity contribution in [3.05, 3.63) is 65.7 Å². The Kier molecular flexibility index (Phi) is 4.95. The third-order valence-corrected chi connectivity index (χ3v) is 3.96. The van der Waals surface area contributed by atoms with Crippen molar-refractivity contribution in [3.63, 3.8) is 0 Å². The van der Waals surface area contributed by atoms with Crippen LogP contribution >= 0.6 is 0 Å². The largest absolute Gasteiger partial charge is 0.492 e. The number of amides is 3. The highest BCUT2D eigenvalue weighted by atomic mass is 16.5. The van der Waals surface area contributed by atoms with Gasteiger partial charge in [-0.1, -0.05) is 30.3 Å². The minimum atomic E-state index is -0.537. The summed E-state index contributed by atoms with van der Waals surface area (Å²) in [7, 11) is 0. The summed E-state index contributed by atoms with van der Waals surface area (Å²) in [6.07, 6.45) is 0.471. The van der Waals surface area contributed by atoms with Gasteiger partial charge in [-0.15, -0.1) is 0 Å². The summed E-state index contributed by atoms with van der Waals surface area (Å²) in [6, 6.07) is 17.3. The van der Waals surface area contributed by atoms with Crippen LogP contribution in [0.5, 0.6) is 5.75 Å². The van der Waals surface area contributed by atoms with Crippen LogP contribution in [0.25, 0.3) is 0 Å². The zero-order chi connectivity index (χ0) is 17.6. The van der Waals surface area contributed by atoms with Gasteiger partial charge in [-0.05, 0) is 29.8 Å². The van der Waals surface area contributed by atoms with Crippen molar-refractivity contribution in [1.29, 1.82) is 5.26 Å². The number of nitrogens with one attached hydrogen (secondary N) is 1. The molecule has 6 heteroatoms. The van der Waals surface area contributed by atoms with Crippen molar-refractivity contribution in [1.82, 2.24) is 10.2 Å². The molecule has 1 fully saturated rings. The molecule has 0 saturated carbocycles. The van der Waals surface area contributed by atoms with Gasteiger partial charge in [0.05, 0.1) is 18.2 Å². The van der Waals surface area contributed by atoms with Crippen molar-refractivity contribution in [2.45, 2.75) is 12.5 Å². The van der Waals surface area contributed by atoms with Gasteiger partial charge in [-0.25, -0.2) is 4.79 Å². The molecule has 1 atom stereocenters. The quantitative estimate of drug-likeness (QED) is 0.820. The summed E-state index contributed by atoms with van der Waals surface area (Å²) < 4.78 is 5.53. The zero-order valence-electron chi connectivity index (χ0n) is 13.5. The van der Waals surface area contributed by atoms with E-state index in [2.05, 4.69) is 5.32 Å². The molecule has 3 amide bonds. The second-order valence-corrected chi connectivity index (χ2v) is 5.67. The van der Waals surface area contributed by atoms with Crippen LogP contribution in [0, 0.1) is 11.3 Å². The molecule has 25 heavy (non-hydrogen) atoms. The monoisotopic (exact) mass is 335 g/mol. The number of imide groups is 1. The highest BCUT2D eigenvalue weighted by Crippen LogP contribution is 2.14. The highest BCUT2D eigenvalue weighted by Gasteiger charge is 2.37. The normalized spacial score (nSPS) is 16.4. The molecule has 126 valence electrons. The third-order valence-electron chi connectivity index (χ3n) is 3.96. The molecule has 0 aromatic heterocycles. The molecule has 0 spiro atoms. The van der Waals surface area contributed by atoms with Gasteiger partial charge in [0.15, 0.2) is 0 Å². The van der Waals surface area contributed by atoms with Crippen LogP contribution in [0.3, 0.4) is 0 Å². The molecular formula is C19H17N3O3. The minimum absolute atomic E-state index is 0.177. The second kappa shape index (κ2) is 7.49. The standard InChI is InChI=1S/C19H17N3O3/c20-13-15-6-8-16(9-7-15)25-11-10-22-18(23)17(21-19(22)24)12-14-4-2-1-3-5-14/h1-9,17H,10-12H2,(H,21,24). The molecule has 1 saturated heterocycles. The molecule has 0 aliphatic carbocycles. The van der Waals surface area contributed by atoms with Gasteiger partial charge >= 0.3 is 6.03 Å². The first-order valence-electron chi connectivity index (χ1n) is 7.96. The summed E-state index contributed by atoms with van der Waals surface area (Å²) in [6.45, 7) is 0.374. The molecule has 0 radical (unpaired) electrons. The van der Waals surface area contributed by atoms with Crippen LogP contribution in [0.1, 0.15) is 11.1 Å². The number of urea groups is 1. The van der Waals surface area contributed by atoms with Gasteiger partial charge in [-0.3, -0.25) is 9.69 Å². The second-order valence-electron chi connectivity index (χ2n) is 5.67. The van der Waals surface area contributed by atoms with Crippen molar-refractivity contribution in [2.75, 3.05) is 13.2 Å². The number of nitrogens with zero attached hydrogens (tertiary/aromatic N) is 2. The summed E-state index contributed by atoms with van der Waals surface area (Å²) in [5.41, 5.74) is 1.54. The number of ether oxygens (including phenoxy) is 1. The average molecular weight is 335 g/mol. The summed E-state index contributed by atoms with van der Waals surface area (Å²) in [5.74, 6) is 0.351. The summed E-state index contributed by atoms with van der Waals surface area (Å²) in [5, 5.41) is 11.5. The van der Waals surface area contributed by atoms with E-state index in [0.29, 0.717) is 17.7 Å². The molecule has 2 aromatic carbocycles. The Hall–Kier alpha value is -3.33. The fourth-order valence-corrected chi connectivity index (χ4v) is 2.66. The number of hydrogen-bond donors (Lipinski definition) is 1. The Morgan fingerprint density at radius 2 is 1.80 bits per heavy atom. The van der Waals surface area contributed by atoms with Gasteiger partial charge in [0.1, 0.15) is 18.4 Å². The van der Waals surface area contributed by atoms with Crippen molar-refractivity contribution < 1.29 is 14.3 Å². The molecule has 6 nitrogen and oxygen atoms in total. The molecule has 1 N–H and O–H groups in total. The van der Waals surface area contributed by atoms with E-state index in [0.717, 1.165) is 5.56 Å². The molecule has 0 bridgehead atoms. The molecular weight excluding hydrogens is 318 g/mol. The molecule has 1 aliphatic rings. The summed E-state index contributed by atoms with van der Waals surface area (Å²) >= 11 is 0. The Morgan fingerprint density at radius 3 is 2.48 bits per heavy atom. The number of carbonyl (C=O) groups excluding carboxylic acids is 2. The van der Waals surface area contributed by atoms with E-state index in [1.165, 1.54) is 4.90 Å². The SMILES string of the molecule is N#Cc1ccc(OCCN2C(=O)NC(Cc3ccccc3)C2=O)cc1. The Morgan fingerprint density at radius 1 is 1.08 bits per heavy atom. The number of hydrogen-bond acceptors (Lipinski definition) is 4. The number of benzene rings is 2. The number of rotatable bonds is 6. The van der Waals surface area contributed by atoms with Crippen LogP contribution in [0.4, 0.5) is 4.79 Å². The lowest BCUT2D eigenvalue weighted by Crippen LogP contribution is -2.35. The van der Waals surface area contributed by atoms with Crippen LogP contribution in [0.2, 0.25) is 0 Å². The Bertz CT molecular complexity index is 797. The maximum absolute atomic E-state index is 12.4. The topological polar surface area (TPSA) is 82.4 Å². The van der Waals surface area contributed by atoms with E-state index >= 15 is 0 Å². The van der Waals surface area contributed by atoms with Crippen LogP contribution in [0.15, 0.2) is 54.6 Å². The maximum Gasteiger partial charge on any atom is 0.324 e. The lowest BCUT2D eigenvalue weighted by atomic mass is 10.1. The van der Waals surface area contributed by atoms with E-state index in [1.54, 1.807) is 24.3 Å². The zero-order valence-corrected chi connectivity index (χ0v) is 13.5. The molecule has 1 unspecified atom stereocenters. The van der Waals surface area contributed by atoms with Crippen LogP contribution < -0.4 is 10.1 Å². The van der Waals surface area contributed by atoms with Crippen molar-refractivity contribution in [3.8, 4) is 11.8 Å². The molecule has 1 aliphatic heterocycles. The lowest BCUT2D eigenvalue weighted by molar-refractivity contribution is -0.127. The van der Waals surface area contributed by atoms with Gasteiger partial charge in [0.2, 0.25) is 0 Å². The van der Waals surface area contributed by atoms with E-state index < -0.39 is 12.1 Å². The van der Waals surface area contributed by atoms with Gasteiger partial charge < -0.3 is 10.1 Å². The number of carbonyl (C=O) groups is 2. The van der Waals surface area contributed by atoms with Crippen molar-refractivity contribution in [2.24, 2.45) is 0 Å². The van der Waals surface area contributed by atoms with Gasteiger partial charge in [0, 0.05) is 6.42 Å². The van der Waals surface area contributed by atoms with Gasteiger partial charge in [-0.2, -0.15) is 5.26 Å². The fraction of sp³-hybridized carbons (Fsp3) is 0.211. The predicted molar refractivity (Wildman–Crippen MR) is 90.8 cm³/mol. The average Bonchev–Trinajstić information content (AvgIpc) is 2.90. The Balaban J connectivity index is 1.53. The molecule has 1 heterocycles. The van der Waals surface area contributed by atoms with E-state index in [-0.39, 0.29) is 19.1 Å². The van der Waals surface area contributed by atoms with Crippen LogP contribution in [-0.2, 0) is 11.2 Å². The molecule has 3 rings (SSSR count). The van der Waals surface area contributed by atoms with Crippen molar-refractivity contribution >= 4 is 11.9 Å². The fourth-order valence-electron chi connectivity index (χ4n) is 2.66. The van der Waals surface area contributed by atoms with E-state index in [4.69, 9.17) is 10.00 Å². The Labute approximate surface area is 145 Å². The lowest BCUT2D eigenvalue weighted by Gasteiger charge is -2.14. The molecule has 2 aromatic rings. The first-order valence-corrected chi connectivity index (χ1v) is 7.96. The van der Waals surface area contributed by atoms with Gasteiger partial charge in [0.25, 0.3) is 5.91 Å². The minimum Gasteiger partial charge on any atom is -0.492 e. The van der Waals surface area contributed by atoms with E-state index in [1.807, 2.05) is 36.4 Å². The highest BCUT2D eigenvalue weighted by molar-refractivity contribution is 6.04. The first kappa shape index (κ1) is 16.5. The number of nitriles is 1. The summed E-state index contributed by atoms with van der Waals surface area (Å²) in [4.78, 5) is 25.6. The van der Waals surface area contributed by atoms with Crippen LogP contribution in [-0.4, -0.2) is 36.0 Å².